The lowest BCUT2D eigenvalue weighted by molar-refractivity contribution is -0.140. The number of alkyl halides is 3. The number of sulfonamides is 1. The smallest absolute Gasteiger partial charge is 0.352 e. The van der Waals surface area contributed by atoms with Crippen LogP contribution in [-0.2, 0) is 32.3 Å². The van der Waals surface area contributed by atoms with Crippen LogP contribution >= 0.6 is 23.2 Å². The van der Waals surface area contributed by atoms with Crippen LogP contribution in [0.15, 0.2) is 77.7 Å². The molecule has 2 amide bonds. The fourth-order valence-electron chi connectivity index (χ4n) is 5.39. The Balaban J connectivity index is 1.78. The van der Waals surface area contributed by atoms with Crippen LogP contribution < -0.4 is 9.62 Å². The van der Waals surface area contributed by atoms with Gasteiger partial charge in [0, 0.05) is 17.6 Å². The van der Waals surface area contributed by atoms with E-state index in [1.165, 1.54) is 29.2 Å². The molecule has 3 aromatic carbocycles. The standard InChI is InChI=1S/C32H34Cl2F3N3O4S/c1-2-28(31(42)38-24-12-5-3-6-13-24)39(20-22-11-9-10-16-26(22)33)30(41)21-40(45(43,44)25-14-7-4-8-15-25)29-19-23(32(35,36)37)17-18-27(29)34/h4,7-11,14-19,24,28H,2-3,5-6,12-13,20-21H2,1H3,(H,38,42). The maximum absolute atomic E-state index is 14.2. The van der Waals surface area contributed by atoms with Crippen LogP contribution in [0.2, 0.25) is 10.0 Å². The molecule has 0 radical (unpaired) electrons. The second-order valence-corrected chi connectivity index (χ2v) is 13.5. The van der Waals surface area contributed by atoms with Crippen LogP contribution in [-0.4, -0.2) is 43.8 Å². The van der Waals surface area contributed by atoms with Gasteiger partial charge in [0.2, 0.25) is 11.8 Å². The SMILES string of the molecule is CCC(C(=O)NC1CCCCC1)N(Cc1ccccc1Cl)C(=O)CN(c1cc(C(F)(F)F)ccc1Cl)S(=O)(=O)c1ccccc1. The summed E-state index contributed by atoms with van der Waals surface area (Å²) in [7, 11) is -4.62. The van der Waals surface area contributed by atoms with E-state index in [0.717, 1.165) is 44.2 Å². The molecule has 0 spiro atoms. The van der Waals surface area contributed by atoms with E-state index in [1.54, 1.807) is 37.3 Å². The number of amides is 2. The Labute approximate surface area is 271 Å². The molecule has 1 N–H and O–H groups in total. The van der Waals surface area contributed by atoms with Crippen LogP contribution in [0.1, 0.15) is 56.6 Å². The van der Waals surface area contributed by atoms with Gasteiger partial charge in [-0.25, -0.2) is 8.42 Å². The van der Waals surface area contributed by atoms with Gasteiger partial charge in [-0.3, -0.25) is 13.9 Å². The van der Waals surface area contributed by atoms with Crippen LogP contribution in [0.4, 0.5) is 18.9 Å². The number of carbonyl (C=O) groups excluding carboxylic acids is 2. The Kier molecular flexibility index (Phi) is 11.4. The van der Waals surface area contributed by atoms with Gasteiger partial charge in [-0.2, -0.15) is 13.2 Å². The molecule has 4 rings (SSSR count). The highest BCUT2D eigenvalue weighted by molar-refractivity contribution is 7.92. The third-order valence-electron chi connectivity index (χ3n) is 7.79. The maximum Gasteiger partial charge on any atom is 0.416 e. The van der Waals surface area contributed by atoms with Crippen molar-refractivity contribution in [3.63, 3.8) is 0 Å². The van der Waals surface area contributed by atoms with Gasteiger partial charge in [0.15, 0.2) is 0 Å². The largest absolute Gasteiger partial charge is 0.416 e. The van der Waals surface area contributed by atoms with Crippen molar-refractivity contribution in [2.45, 2.75) is 75.1 Å². The second-order valence-electron chi connectivity index (χ2n) is 10.9. The first-order chi connectivity index (χ1) is 21.3. The zero-order chi connectivity index (χ0) is 32.8. The van der Waals surface area contributed by atoms with Crippen molar-refractivity contribution < 1.29 is 31.2 Å². The third kappa shape index (κ3) is 8.51. The summed E-state index contributed by atoms with van der Waals surface area (Å²) in [6.45, 7) is 0.640. The Morgan fingerprint density at radius 3 is 2.20 bits per heavy atom. The van der Waals surface area contributed by atoms with Gasteiger partial charge in [0.1, 0.15) is 12.6 Å². The Hall–Kier alpha value is -3.28. The lowest BCUT2D eigenvalue weighted by atomic mass is 9.95. The molecule has 0 heterocycles. The van der Waals surface area contributed by atoms with E-state index in [9.17, 15) is 31.2 Å². The molecule has 1 fully saturated rings. The van der Waals surface area contributed by atoms with Crippen molar-refractivity contribution in [1.29, 1.82) is 0 Å². The number of nitrogens with one attached hydrogen (secondary N) is 1. The highest BCUT2D eigenvalue weighted by Crippen LogP contribution is 2.37. The number of benzene rings is 3. The Bertz CT molecular complexity index is 1600. The van der Waals surface area contributed by atoms with Gasteiger partial charge in [-0.05, 0) is 61.2 Å². The van der Waals surface area contributed by atoms with Crippen molar-refractivity contribution in [2.24, 2.45) is 0 Å². The Morgan fingerprint density at radius 2 is 1.58 bits per heavy atom. The molecule has 0 aliphatic heterocycles. The number of hydrogen-bond acceptors (Lipinski definition) is 4. The fourth-order valence-corrected chi connectivity index (χ4v) is 7.30. The lowest BCUT2D eigenvalue weighted by Crippen LogP contribution is -2.54. The molecule has 7 nitrogen and oxygen atoms in total. The van der Waals surface area contributed by atoms with Crippen molar-refractivity contribution in [1.82, 2.24) is 10.2 Å². The summed E-state index contributed by atoms with van der Waals surface area (Å²) >= 11 is 12.7. The lowest BCUT2D eigenvalue weighted by Gasteiger charge is -2.35. The van der Waals surface area contributed by atoms with Gasteiger partial charge in [0.05, 0.1) is 21.2 Å². The average molecular weight is 685 g/mol. The van der Waals surface area contributed by atoms with E-state index in [0.29, 0.717) is 21.0 Å². The maximum atomic E-state index is 14.2. The van der Waals surface area contributed by atoms with E-state index >= 15 is 0 Å². The summed E-state index contributed by atoms with van der Waals surface area (Å²) in [6.07, 6.45) is -0.0151. The zero-order valence-corrected chi connectivity index (χ0v) is 26.9. The zero-order valence-electron chi connectivity index (χ0n) is 24.6. The first-order valence-corrected chi connectivity index (χ1v) is 16.8. The summed E-state index contributed by atoms with van der Waals surface area (Å²) in [4.78, 5) is 28.8. The summed E-state index contributed by atoms with van der Waals surface area (Å²) < 4.78 is 69.7. The highest BCUT2D eigenvalue weighted by Gasteiger charge is 2.37. The molecule has 1 unspecified atom stereocenters. The summed E-state index contributed by atoms with van der Waals surface area (Å²) in [6, 6.07) is 14.9. The van der Waals surface area contributed by atoms with E-state index in [1.807, 2.05) is 0 Å². The molecule has 3 aromatic rings. The minimum absolute atomic E-state index is 0.0589. The fraction of sp³-hybridized carbons (Fsp3) is 0.375. The minimum Gasteiger partial charge on any atom is -0.352 e. The summed E-state index contributed by atoms with van der Waals surface area (Å²) in [5.74, 6) is -1.23. The molecule has 1 atom stereocenters. The third-order valence-corrected chi connectivity index (χ3v) is 10.3. The average Bonchev–Trinajstić information content (AvgIpc) is 3.01. The highest BCUT2D eigenvalue weighted by atomic mass is 35.5. The molecule has 0 saturated heterocycles. The predicted octanol–water partition coefficient (Wildman–Crippen LogP) is 7.46. The van der Waals surface area contributed by atoms with Crippen LogP contribution in [0, 0.1) is 0 Å². The first-order valence-electron chi connectivity index (χ1n) is 14.6. The molecule has 45 heavy (non-hydrogen) atoms. The molecular formula is C32H34Cl2F3N3O4S. The normalized spacial score (nSPS) is 14.9. The van der Waals surface area contributed by atoms with E-state index < -0.39 is 51.9 Å². The van der Waals surface area contributed by atoms with E-state index in [2.05, 4.69) is 5.32 Å². The van der Waals surface area contributed by atoms with Crippen molar-refractivity contribution in [3.8, 4) is 0 Å². The van der Waals surface area contributed by atoms with Crippen molar-refractivity contribution in [2.75, 3.05) is 10.8 Å². The molecule has 1 saturated carbocycles. The topological polar surface area (TPSA) is 86.8 Å². The van der Waals surface area contributed by atoms with Gasteiger partial charge in [-0.15, -0.1) is 0 Å². The number of nitrogens with zero attached hydrogens (tertiary/aromatic N) is 2. The quantitative estimate of drug-likeness (QED) is 0.227. The molecule has 0 aromatic heterocycles. The van der Waals surface area contributed by atoms with E-state index in [-0.39, 0.29) is 28.9 Å². The molecule has 242 valence electrons. The molecule has 13 heteroatoms. The monoisotopic (exact) mass is 683 g/mol. The van der Waals surface area contributed by atoms with Crippen molar-refractivity contribution >= 4 is 50.7 Å². The summed E-state index contributed by atoms with van der Waals surface area (Å²) in [5.41, 5.74) is -1.17. The van der Waals surface area contributed by atoms with Gasteiger partial charge < -0.3 is 10.2 Å². The molecular weight excluding hydrogens is 650 g/mol. The van der Waals surface area contributed by atoms with Crippen LogP contribution in [0.5, 0.6) is 0 Å². The number of rotatable bonds is 11. The predicted molar refractivity (Wildman–Crippen MR) is 169 cm³/mol. The molecule has 1 aliphatic carbocycles. The van der Waals surface area contributed by atoms with Gasteiger partial charge in [0.25, 0.3) is 10.0 Å². The van der Waals surface area contributed by atoms with Gasteiger partial charge in [-0.1, -0.05) is 85.8 Å². The van der Waals surface area contributed by atoms with E-state index in [4.69, 9.17) is 23.2 Å². The number of carbonyl (C=O) groups is 2. The Morgan fingerprint density at radius 1 is 0.933 bits per heavy atom. The molecule has 1 aliphatic rings. The van der Waals surface area contributed by atoms with Crippen molar-refractivity contribution in [3.05, 3.63) is 94.0 Å². The molecule has 0 bridgehead atoms. The van der Waals surface area contributed by atoms with Crippen LogP contribution in [0.3, 0.4) is 0 Å². The van der Waals surface area contributed by atoms with Crippen LogP contribution in [0.25, 0.3) is 0 Å². The summed E-state index contributed by atoms with van der Waals surface area (Å²) in [5, 5.41) is 3.05. The number of anilines is 1. The number of hydrogen-bond donors (Lipinski definition) is 1. The number of halogens is 5. The first kappa shape index (κ1) is 34.6. The second kappa shape index (κ2) is 14.9. The van der Waals surface area contributed by atoms with Gasteiger partial charge >= 0.3 is 6.18 Å². The minimum atomic E-state index is -4.81.